The van der Waals surface area contributed by atoms with Gasteiger partial charge in [0.1, 0.15) is 11.9 Å². The van der Waals surface area contributed by atoms with Crippen molar-refractivity contribution in [2.24, 2.45) is 0 Å². The number of ether oxygens (including phenoxy) is 2. The molecule has 144 valence electrons. The number of rotatable bonds is 5. The average Bonchev–Trinajstić information content (AvgIpc) is 3.27. The number of carbonyl (C=O) groups excluding carboxylic acids is 2. The largest absolute Gasteiger partial charge is 0.464 e. The summed E-state index contributed by atoms with van der Waals surface area (Å²) in [5.74, 6) is -0.798. The van der Waals surface area contributed by atoms with Crippen LogP contribution in [0.1, 0.15) is 28.9 Å². The van der Waals surface area contributed by atoms with E-state index < -0.39 is 12.1 Å². The molecule has 0 aliphatic carbocycles. The van der Waals surface area contributed by atoms with Gasteiger partial charge in [0.25, 0.3) is 5.91 Å². The normalized spacial score (nSPS) is 16.3. The summed E-state index contributed by atoms with van der Waals surface area (Å²) in [7, 11) is 1.26. The van der Waals surface area contributed by atoms with Gasteiger partial charge in [0.2, 0.25) is 0 Å². The molecule has 1 amide bonds. The molecule has 1 saturated heterocycles. The van der Waals surface area contributed by atoms with E-state index in [1.807, 2.05) is 0 Å². The third-order valence-electron chi connectivity index (χ3n) is 4.16. The Morgan fingerprint density at radius 2 is 2.19 bits per heavy atom. The highest BCUT2D eigenvalue weighted by Crippen LogP contribution is 2.25. The van der Waals surface area contributed by atoms with E-state index in [1.54, 1.807) is 18.2 Å². The Kier molecular flexibility index (Phi) is 6.21. The van der Waals surface area contributed by atoms with Gasteiger partial charge in [-0.25, -0.2) is 4.79 Å². The Morgan fingerprint density at radius 3 is 2.81 bits per heavy atom. The quantitative estimate of drug-likeness (QED) is 0.557. The molecular formula is C17H17Cl2N3O4S. The van der Waals surface area contributed by atoms with Crippen molar-refractivity contribution < 1.29 is 19.1 Å². The molecule has 2 heterocycles. The summed E-state index contributed by atoms with van der Waals surface area (Å²) in [6, 6.07) is 5.12. The highest BCUT2D eigenvalue weighted by atomic mass is 35.5. The van der Waals surface area contributed by atoms with E-state index in [0.717, 1.165) is 12.0 Å². The Hall–Kier alpha value is -1.87. The first-order valence-electron chi connectivity index (χ1n) is 8.18. The second kappa shape index (κ2) is 8.43. The van der Waals surface area contributed by atoms with Crippen LogP contribution in [-0.2, 0) is 20.8 Å². The first-order valence-corrected chi connectivity index (χ1v) is 9.34. The predicted molar refractivity (Wildman–Crippen MR) is 104 cm³/mol. The maximum Gasteiger partial charge on any atom is 0.358 e. The van der Waals surface area contributed by atoms with Crippen LogP contribution in [0.2, 0.25) is 10.0 Å². The minimum absolute atomic E-state index is 0.111. The van der Waals surface area contributed by atoms with Crippen LogP contribution in [0.25, 0.3) is 0 Å². The average molecular weight is 430 g/mol. The third-order valence-corrected chi connectivity index (χ3v) is 5.22. The monoisotopic (exact) mass is 429 g/mol. The van der Waals surface area contributed by atoms with E-state index in [-0.39, 0.29) is 28.7 Å². The zero-order valence-electron chi connectivity index (χ0n) is 14.4. The number of H-pyrrole nitrogens is 1. The molecule has 7 nitrogen and oxygen atoms in total. The van der Waals surface area contributed by atoms with Gasteiger partial charge in [-0.1, -0.05) is 29.3 Å². The van der Waals surface area contributed by atoms with Crippen molar-refractivity contribution in [3.63, 3.8) is 0 Å². The summed E-state index contributed by atoms with van der Waals surface area (Å²) >= 11 is 17.3. The van der Waals surface area contributed by atoms with Crippen LogP contribution in [0, 0.1) is 4.77 Å². The minimum atomic E-state index is -0.634. The van der Waals surface area contributed by atoms with E-state index in [9.17, 15) is 9.59 Å². The smallest absolute Gasteiger partial charge is 0.358 e. The number of benzene rings is 1. The van der Waals surface area contributed by atoms with Gasteiger partial charge in [-0.15, -0.1) is 0 Å². The van der Waals surface area contributed by atoms with Gasteiger partial charge in [0, 0.05) is 6.61 Å². The fraction of sp³-hybridized carbons (Fsp3) is 0.353. The fourth-order valence-corrected chi connectivity index (χ4v) is 3.41. The van der Waals surface area contributed by atoms with Crippen molar-refractivity contribution in [3.8, 4) is 0 Å². The molecule has 1 aliphatic heterocycles. The summed E-state index contributed by atoms with van der Waals surface area (Å²) in [6.45, 7) is 0.780. The molecule has 0 saturated carbocycles. The van der Waals surface area contributed by atoms with Gasteiger partial charge in [0.15, 0.2) is 10.5 Å². The summed E-state index contributed by atoms with van der Waals surface area (Å²) in [6.07, 6.45) is 0.899. The molecular weight excluding hydrogens is 413 g/mol. The Labute approximate surface area is 170 Å². The second-order valence-corrected chi connectivity index (χ2v) is 7.17. The van der Waals surface area contributed by atoms with Crippen molar-refractivity contribution in [2.45, 2.75) is 25.5 Å². The van der Waals surface area contributed by atoms with Crippen molar-refractivity contribution in [2.75, 3.05) is 19.0 Å². The van der Waals surface area contributed by atoms with E-state index in [4.69, 9.17) is 44.9 Å². The SMILES string of the molecule is COC(=O)c1c(NC(=O)C2CCCO2)[nH]c(=S)n1Cc1ccc(Cl)c(Cl)c1. The molecule has 1 aliphatic rings. The molecule has 0 radical (unpaired) electrons. The van der Waals surface area contributed by atoms with Crippen molar-refractivity contribution in [1.29, 1.82) is 0 Å². The number of nitrogens with one attached hydrogen (secondary N) is 2. The van der Waals surface area contributed by atoms with E-state index in [1.165, 1.54) is 11.7 Å². The van der Waals surface area contributed by atoms with E-state index in [0.29, 0.717) is 23.1 Å². The zero-order chi connectivity index (χ0) is 19.6. The van der Waals surface area contributed by atoms with E-state index >= 15 is 0 Å². The third kappa shape index (κ3) is 4.35. The number of anilines is 1. The summed E-state index contributed by atoms with van der Waals surface area (Å²) in [5.41, 5.74) is 0.890. The molecule has 1 aromatic carbocycles. The zero-order valence-corrected chi connectivity index (χ0v) is 16.7. The molecule has 10 heteroatoms. The van der Waals surface area contributed by atoms with Crippen LogP contribution in [0.5, 0.6) is 0 Å². The number of hydrogen-bond donors (Lipinski definition) is 2. The van der Waals surface area contributed by atoms with Crippen molar-refractivity contribution >= 4 is 53.1 Å². The Morgan fingerprint density at radius 1 is 1.41 bits per heavy atom. The van der Waals surface area contributed by atoms with Crippen LogP contribution in [0.4, 0.5) is 5.82 Å². The number of aromatic nitrogens is 2. The lowest BCUT2D eigenvalue weighted by atomic mass is 10.2. The molecule has 1 atom stereocenters. The van der Waals surface area contributed by atoms with Gasteiger partial charge in [-0.3, -0.25) is 4.79 Å². The summed E-state index contributed by atoms with van der Waals surface area (Å²) < 4.78 is 12.0. The lowest BCUT2D eigenvalue weighted by Crippen LogP contribution is -2.28. The molecule has 0 spiro atoms. The summed E-state index contributed by atoms with van der Waals surface area (Å²) in [4.78, 5) is 27.6. The maximum absolute atomic E-state index is 12.4. The van der Waals surface area contributed by atoms with E-state index in [2.05, 4.69) is 10.3 Å². The highest BCUT2D eigenvalue weighted by molar-refractivity contribution is 7.71. The minimum Gasteiger partial charge on any atom is -0.464 e. The van der Waals surface area contributed by atoms with Gasteiger partial charge in [0.05, 0.1) is 23.7 Å². The summed E-state index contributed by atoms with van der Waals surface area (Å²) in [5, 5.41) is 3.50. The van der Waals surface area contributed by atoms with Crippen LogP contribution in [0.3, 0.4) is 0 Å². The number of halogens is 2. The molecule has 2 aromatic rings. The number of hydrogen-bond acceptors (Lipinski definition) is 5. The lowest BCUT2D eigenvalue weighted by Gasteiger charge is -2.12. The molecule has 1 unspecified atom stereocenters. The number of esters is 1. The second-order valence-electron chi connectivity index (χ2n) is 5.97. The number of carbonyl (C=O) groups is 2. The van der Waals surface area contributed by atoms with Gasteiger partial charge >= 0.3 is 5.97 Å². The fourth-order valence-electron chi connectivity index (χ4n) is 2.83. The molecule has 1 aromatic heterocycles. The van der Waals surface area contributed by atoms with Crippen LogP contribution < -0.4 is 5.32 Å². The van der Waals surface area contributed by atoms with Crippen LogP contribution >= 0.6 is 35.4 Å². The molecule has 27 heavy (non-hydrogen) atoms. The molecule has 1 fully saturated rings. The first-order chi connectivity index (χ1) is 12.9. The molecule has 0 bridgehead atoms. The van der Waals surface area contributed by atoms with Gasteiger partial charge in [-0.05, 0) is 42.8 Å². The first kappa shape index (κ1) is 19.9. The number of imidazole rings is 1. The molecule has 3 rings (SSSR count). The topological polar surface area (TPSA) is 85.3 Å². The Bertz CT molecular complexity index is 935. The Balaban J connectivity index is 1.94. The number of aromatic amines is 1. The standard InChI is InChI=1S/C17H17Cl2N3O4S/c1-25-16(24)13-14(20-15(23)12-3-2-6-26-12)21-17(27)22(13)8-9-4-5-10(18)11(19)7-9/h4-5,7,12H,2-3,6,8H2,1H3,(H,20,23)(H,21,27). The maximum atomic E-state index is 12.4. The molecule has 2 N–H and O–H groups in total. The van der Waals surface area contributed by atoms with Crippen LogP contribution in [0.15, 0.2) is 18.2 Å². The van der Waals surface area contributed by atoms with Crippen molar-refractivity contribution in [3.05, 3.63) is 44.3 Å². The number of methoxy groups -OCH3 is 1. The number of nitrogens with zero attached hydrogens (tertiary/aromatic N) is 1. The highest BCUT2D eigenvalue weighted by Gasteiger charge is 2.27. The van der Waals surface area contributed by atoms with Crippen molar-refractivity contribution in [1.82, 2.24) is 9.55 Å². The van der Waals surface area contributed by atoms with Crippen LogP contribution in [-0.4, -0.2) is 41.2 Å². The van der Waals surface area contributed by atoms with Gasteiger partial charge < -0.3 is 24.3 Å². The number of amides is 1. The van der Waals surface area contributed by atoms with Gasteiger partial charge in [-0.2, -0.15) is 0 Å². The lowest BCUT2D eigenvalue weighted by molar-refractivity contribution is -0.124. The predicted octanol–water partition coefficient (Wildman–Crippen LogP) is 3.80.